The summed E-state index contributed by atoms with van der Waals surface area (Å²) >= 11 is 0. The first kappa shape index (κ1) is 65.9. The third-order valence-electron chi connectivity index (χ3n) is 15.3. The fraction of sp³-hybridized carbons (Fsp3) is 0.933. The van der Waals surface area contributed by atoms with E-state index >= 15 is 0 Å². The minimum absolute atomic E-state index is 0.271. The van der Waals surface area contributed by atoms with Crippen LogP contribution in [0.15, 0.2) is 0 Å². The third-order valence-corrected chi connectivity index (χ3v) is 15.3. The zero-order valence-electron chi connectivity index (χ0n) is 45.0. The zero-order chi connectivity index (χ0) is 49.9. The van der Waals surface area contributed by atoms with Crippen molar-refractivity contribution in [2.45, 2.75) is 347 Å². The summed E-state index contributed by atoms with van der Waals surface area (Å²) in [6.45, 7) is 2.27. The summed E-state index contributed by atoms with van der Waals surface area (Å²) < 4.78 is 0. The molecule has 2 atom stereocenters. The smallest absolute Gasteiger partial charge is 0.309 e. The van der Waals surface area contributed by atoms with Gasteiger partial charge in [0.15, 0.2) is 0 Å². The Labute approximate surface area is 420 Å². The van der Waals surface area contributed by atoms with Gasteiger partial charge in [-0.25, -0.2) is 0 Å². The van der Waals surface area contributed by atoms with E-state index in [4.69, 9.17) is 15.3 Å². The van der Waals surface area contributed by atoms with Crippen molar-refractivity contribution in [3.8, 4) is 0 Å². The van der Waals surface area contributed by atoms with Crippen molar-refractivity contribution in [2.24, 2.45) is 11.3 Å². The van der Waals surface area contributed by atoms with Crippen molar-refractivity contribution in [2.75, 3.05) is 0 Å². The molecule has 0 aliphatic rings. The molecule has 0 amide bonds. The summed E-state index contributed by atoms with van der Waals surface area (Å²) in [5.74, 6) is -2.28. The fourth-order valence-corrected chi connectivity index (χ4v) is 10.9. The maximum absolute atomic E-state index is 13.7. The molecule has 0 aromatic carbocycles. The molecule has 0 heterocycles. The number of carboxylic acid groups (broad SMARTS) is 4. The van der Waals surface area contributed by atoms with E-state index in [2.05, 4.69) is 6.92 Å². The zero-order valence-corrected chi connectivity index (χ0v) is 45.0. The Hall–Kier alpha value is -2.12. The SMILES string of the molecule is CCCCCCCCCC(CCCCCCCCCCCCCCCCCC(=O)O)C(CCCCCCCCCCCCCCCC(=O)O)(CCCCCCCCCCCCCC(=O)O)C(=O)O. The summed E-state index contributed by atoms with van der Waals surface area (Å²) in [5.41, 5.74) is -0.600. The molecule has 2 unspecified atom stereocenters. The Kier molecular flexibility index (Phi) is 49.6. The number of carboxylic acids is 4. The molecule has 0 aliphatic carbocycles. The van der Waals surface area contributed by atoms with Crippen LogP contribution in [0, 0.1) is 11.3 Å². The van der Waals surface area contributed by atoms with Crippen LogP contribution in [0.2, 0.25) is 0 Å². The second-order valence-corrected chi connectivity index (χ2v) is 21.6. The molecule has 68 heavy (non-hydrogen) atoms. The molecule has 0 aromatic heterocycles. The summed E-state index contributed by atoms with van der Waals surface area (Å²) in [4.78, 5) is 45.9. The fourth-order valence-electron chi connectivity index (χ4n) is 10.9. The molecule has 0 aliphatic heterocycles. The highest BCUT2D eigenvalue weighted by Gasteiger charge is 2.44. The number of rotatable bonds is 58. The van der Waals surface area contributed by atoms with Gasteiger partial charge in [-0.15, -0.1) is 0 Å². The van der Waals surface area contributed by atoms with Crippen molar-refractivity contribution in [3.63, 3.8) is 0 Å². The average molecular weight is 964 g/mol. The number of aliphatic carboxylic acids is 4. The Morgan fingerprint density at radius 3 is 0.676 bits per heavy atom. The maximum atomic E-state index is 13.7. The first-order chi connectivity index (χ1) is 33.2. The topological polar surface area (TPSA) is 149 Å². The largest absolute Gasteiger partial charge is 0.481 e. The molecule has 0 radical (unpaired) electrons. The molecule has 8 nitrogen and oxygen atoms in total. The van der Waals surface area contributed by atoms with Gasteiger partial charge in [0.1, 0.15) is 0 Å². The Bertz CT molecular complexity index is 1120. The van der Waals surface area contributed by atoms with Gasteiger partial charge < -0.3 is 20.4 Å². The molecule has 0 saturated carbocycles. The molecule has 0 aromatic rings. The lowest BCUT2D eigenvalue weighted by atomic mass is 9.65. The van der Waals surface area contributed by atoms with Gasteiger partial charge >= 0.3 is 23.9 Å². The van der Waals surface area contributed by atoms with E-state index in [1.54, 1.807) is 0 Å². The minimum Gasteiger partial charge on any atom is -0.481 e. The Balaban J connectivity index is 5.11. The van der Waals surface area contributed by atoms with Crippen LogP contribution in [0.25, 0.3) is 0 Å². The number of hydrogen-bond donors (Lipinski definition) is 4. The predicted octanol–water partition coefficient (Wildman–Crippen LogP) is 19.6. The molecular formula is C60H114O8. The molecule has 0 spiro atoms. The molecule has 0 fully saturated rings. The van der Waals surface area contributed by atoms with E-state index in [0.717, 1.165) is 109 Å². The van der Waals surface area contributed by atoms with Crippen LogP contribution in [0.5, 0.6) is 0 Å². The molecule has 402 valence electrons. The molecule has 0 saturated heterocycles. The Morgan fingerprint density at radius 2 is 0.471 bits per heavy atom. The molecule has 4 N–H and O–H groups in total. The molecule has 0 rings (SSSR count). The van der Waals surface area contributed by atoms with Gasteiger partial charge in [-0.1, -0.05) is 283 Å². The highest BCUT2D eigenvalue weighted by molar-refractivity contribution is 5.75. The lowest BCUT2D eigenvalue weighted by molar-refractivity contribution is -0.155. The number of carbonyl (C=O) groups is 4. The summed E-state index contributed by atoms with van der Waals surface area (Å²) in [6.07, 6.45) is 59.7. The van der Waals surface area contributed by atoms with E-state index in [0.29, 0.717) is 12.8 Å². The minimum atomic E-state index is -0.688. The monoisotopic (exact) mass is 963 g/mol. The highest BCUT2D eigenvalue weighted by atomic mass is 16.4. The van der Waals surface area contributed by atoms with Crippen LogP contribution in [0.3, 0.4) is 0 Å². The van der Waals surface area contributed by atoms with E-state index in [-0.39, 0.29) is 12.3 Å². The maximum Gasteiger partial charge on any atom is 0.309 e. The number of hydrogen-bond acceptors (Lipinski definition) is 4. The second-order valence-electron chi connectivity index (χ2n) is 21.6. The highest BCUT2D eigenvalue weighted by Crippen LogP contribution is 2.45. The Morgan fingerprint density at radius 1 is 0.279 bits per heavy atom. The van der Waals surface area contributed by atoms with Crippen LogP contribution in [0.1, 0.15) is 347 Å². The molecular weight excluding hydrogens is 849 g/mol. The van der Waals surface area contributed by atoms with Crippen molar-refractivity contribution in [1.29, 1.82) is 0 Å². The van der Waals surface area contributed by atoms with E-state index in [9.17, 15) is 24.3 Å². The standard InChI is InChI=1S/C60H114O8/c1-2-3-4-5-27-34-41-48-55(49-42-35-28-21-15-10-7-6-8-11-16-22-29-36-43-50-56(61)62)60(59(67)68,54-47-40-33-26-20-14-18-24-31-38-45-52-58(65)66)53-46-39-32-25-19-13-9-12-17-23-30-37-44-51-57(63)64/h55H,2-54H2,1H3,(H,61,62)(H,63,64)(H,65,66)(H,67,68). The van der Waals surface area contributed by atoms with E-state index < -0.39 is 29.3 Å². The van der Waals surface area contributed by atoms with E-state index in [1.165, 1.54) is 212 Å². The third kappa shape index (κ3) is 45.0. The van der Waals surface area contributed by atoms with Crippen LogP contribution >= 0.6 is 0 Å². The summed E-state index contributed by atoms with van der Waals surface area (Å²) in [5, 5.41) is 37.8. The van der Waals surface area contributed by atoms with Crippen LogP contribution in [0.4, 0.5) is 0 Å². The van der Waals surface area contributed by atoms with Gasteiger partial charge in [0.05, 0.1) is 5.41 Å². The molecule has 8 heteroatoms. The summed E-state index contributed by atoms with van der Waals surface area (Å²) in [6, 6.07) is 0. The van der Waals surface area contributed by atoms with Gasteiger partial charge in [0.2, 0.25) is 0 Å². The first-order valence-electron chi connectivity index (χ1n) is 30.0. The van der Waals surface area contributed by atoms with Crippen molar-refractivity contribution in [3.05, 3.63) is 0 Å². The average Bonchev–Trinajstić information content (AvgIpc) is 3.30. The summed E-state index contributed by atoms with van der Waals surface area (Å²) in [7, 11) is 0. The van der Waals surface area contributed by atoms with Gasteiger partial charge in [0, 0.05) is 19.3 Å². The van der Waals surface area contributed by atoms with Crippen LogP contribution < -0.4 is 0 Å². The molecule has 0 bridgehead atoms. The lowest BCUT2D eigenvalue weighted by Gasteiger charge is -2.38. The van der Waals surface area contributed by atoms with Crippen LogP contribution in [-0.4, -0.2) is 44.3 Å². The normalized spacial score (nSPS) is 12.9. The number of unbranched alkanes of at least 4 members (excludes halogenated alkanes) is 42. The van der Waals surface area contributed by atoms with Crippen LogP contribution in [-0.2, 0) is 19.2 Å². The van der Waals surface area contributed by atoms with E-state index in [1.807, 2.05) is 0 Å². The van der Waals surface area contributed by atoms with Gasteiger partial charge in [-0.2, -0.15) is 0 Å². The predicted molar refractivity (Wildman–Crippen MR) is 287 cm³/mol. The van der Waals surface area contributed by atoms with Crippen molar-refractivity contribution < 1.29 is 39.6 Å². The van der Waals surface area contributed by atoms with Gasteiger partial charge in [0.25, 0.3) is 0 Å². The lowest BCUT2D eigenvalue weighted by Crippen LogP contribution is -2.39. The quantitative estimate of drug-likeness (QED) is 0.0440. The van der Waals surface area contributed by atoms with Crippen molar-refractivity contribution in [1.82, 2.24) is 0 Å². The van der Waals surface area contributed by atoms with Crippen molar-refractivity contribution >= 4 is 23.9 Å². The first-order valence-corrected chi connectivity index (χ1v) is 30.0. The van der Waals surface area contributed by atoms with Gasteiger partial charge in [-0.05, 0) is 50.9 Å². The second kappa shape index (κ2) is 51.2. The van der Waals surface area contributed by atoms with Gasteiger partial charge in [-0.3, -0.25) is 19.2 Å².